The number of piperidine rings is 1. The van der Waals surface area contributed by atoms with Crippen molar-refractivity contribution in [2.24, 2.45) is 5.92 Å². The van der Waals surface area contributed by atoms with E-state index in [2.05, 4.69) is 25.8 Å². The number of aromatic amines is 1. The largest absolute Gasteiger partial charge is 0.347 e. The normalized spacial score (nSPS) is 25.7. The fourth-order valence-electron chi connectivity index (χ4n) is 3.72. The molecule has 0 aliphatic carbocycles. The van der Waals surface area contributed by atoms with Crippen molar-refractivity contribution >= 4 is 5.91 Å². The molecule has 3 N–H and O–H groups in total. The maximum absolute atomic E-state index is 12.7. The Morgan fingerprint density at radius 3 is 3.13 bits per heavy atom. The minimum Gasteiger partial charge on any atom is -0.347 e. The van der Waals surface area contributed by atoms with Gasteiger partial charge in [0.05, 0.1) is 6.54 Å². The molecule has 1 amide bonds. The predicted octanol–water partition coefficient (Wildman–Crippen LogP) is -0.469. The van der Waals surface area contributed by atoms with E-state index in [0.717, 1.165) is 25.2 Å². The molecule has 4 rings (SSSR count). The van der Waals surface area contributed by atoms with Crippen LogP contribution in [0.4, 0.5) is 0 Å². The lowest BCUT2D eigenvalue weighted by molar-refractivity contribution is -0.127. The molecule has 1 fully saturated rings. The summed E-state index contributed by atoms with van der Waals surface area (Å²) in [7, 11) is 0. The zero-order valence-corrected chi connectivity index (χ0v) is 12.5. The summed E-state index contributed by atoms with van der Waals surface area (Å²) in [6, 6.07) is 4.76. The maximum Gasteiger partial charge on any atom is 0.251 e. The van der Waals surface area contributed by atoms with Crippen molar-refractivity contribution in [1.29, 1.82) is 0 Å². The third kappa shape index (κ3) is 2.44. The van der Waals surface area contributed by atoms with Crippen LogP contribution in [-0.2, 0) is 11.3 Å². The second-order valence-corrected chi connectivity index (χ2v) is 6.10. The van der Waals surface area contributed by atoms with Gasteiger partial charge >= 0.3 is 0 Å². The monoisotopic (exact) mass is 314 g/mol. The van der Waals surface area contributed by atoms with E-state index in [-0.39, 0.29) is 23.9 Å². The minimum atomic E-state index is -0.481. The van der Waals surface area contributed by atoms with Gasteiger partial charge in [-0.05, 0) is 12.5 Å². The van der Waals surface area contributed by atoms with Crippen molar-refractivity contribution in [2.75, 3.05) is 13.1 Å². The Labute approximate surface area is 132 Å². The van der Waals surface area contributed by atoms with Gasteiger partial charge in [0.25, 0.3) is 5.56 Å². The molecule has 2 aromatic heterocycles. The fourth-order valence-corrected chi connectivity index (χ4v) is 3.72. The van der Waals surface area contributed by atoms with E-state index >= 15 is 0 Å². The summed E-state index contributed by atoms with van der Waals surface area (Å²) in [6.45, 7) is 1.87. The number of fused-ring (bicyclic) bond motifs is 4. The standard InChI is InChI=1S/C15H18N6O2/c22-13-3-1-2-11-9-4-10(6-16-5-9)14(21(11)13)15(23)17-7-12-18-8-19-20-12/h1-3,8-10,14,16H,4-7H2,(H,17,23)(H,18,19,20)/t9-,10+,14-/m1/s1. The van der Waals surface area contributed by atoms with Gasteiger partial charge in [0.1, 0.15) is 18.2 Å². The van der Waals surface area contributed by atoms with E-state index in [1.54, 1.807) is 10.6 Å². The van der Waals surface area contributed by atoms with Gasteiger partial charge in [0, 0.05) is 36.7 Å². The second-order valence-electron chi connectivity index (χ2n) is 6.10. The minimum absolute atomic E-state index is 0.112. The highest BCUT2D eigenvalue weighted by molar-refractivity contribution is 5.81. The van der Waals surface area contributed by atoms with Gasteiger partial charge in [-0.15, -0.1) is 0 Å². The molecule has 2 bridgehead atoms. The van der Waals surface area contributed by atoms with Crippen LogP contribution in [-0.4, -0.2) is 38.7 Å². The summed E-state index contributed by atoms with van der Waals surface area (Å²) < 4.78 is 1.68. The fraction of sp³-hybridized carbons (Fsp3) is 0.467. The van der Waals surface area contributed by atoms with E-state index in [1.807, 2.05) is 6.07 Å². The molecule has 8 heteroatoms. The van der Waals surface area contributed by atoms with Crippen molar-refractivity contribution < 1.29 is 4.79 Å². The number of rotatable bonds is 3. The topological polar surface area (TPSA) is 105 Å². The summed E-state index contributed by atoms with van der Waals surface area (Å²) in [4.78, 5) is 29.1. The molecular weight excluding hydrogens is 296 g/mol. The number of carbonyl (C=O) groups is 1. The molecule has 120 valence electrons. The molecule has 0 aromatic carbocycles. The second kappa shape index (κ2) is 5.62. The summed E-state index contributed by atoms with van der Waals surface area (Å²) in [5.74, 6) is 0.856. The van der Waals surface area contributed by atoms with Crippen molar-refractivity contribution in [3.05, 3.63) is 46.4 Å². The Morgan fingerprint density at radius 1 is 1.39 bits per heavy atom. The highest BCUT2D eigenvalue weighted by Gasteiger charge is 2.41. The molecule has 3 atom stereocenters. The average molecular weight is 314 g/mol. The van der Waals surface area contributed by atoms with E-state index in [1.165, 1.54) is 12.4 Å². The third-order valence-electron chi connectivity index (χ3n) is 4.71. The van der Waals surface area contributed by atoms with Crippen molar-refractivity contribution in [3.63, 3.8) is 0 Å². The van der Waals surface area contributed by atoms with Crippen LogP contribution in [0.1, 0.15) is 29.9 Å². The van der Waals surface area contributed by atoms with Gasteiger partial charge in [-0.25, -0.2) is 4.98 Å². The first-order valence-corrected chi connectivity index (χ1v) is 7.78. The SMILES string of the molecule is O=C(NCc1ncn[nH]1)[C@H]1[C@@H]2CNC[C@@H](C2)c2cccc(=O)n21. The van der Waals surface area contributed by atoms with Crippen LogP contribution in [0.25, 0.3) is 0 Å². The van der Waals surface area contributed by atoms with Gasteiger partial charge in [0.15, 0.2) is 0 Å². The van der Waals surface area contributed by atoms with Crippen LogP contribution in [0.3, 0.4) is 0 Å². The van der Waals surface area contributed by atoms with Crippen molar-refractivity contribution in [2.45, 2.75) is 24.9 Å². The zero-order valence-electron chi connectivity index (χ0n) is 12.5. The van der Waals surface area contributed by atoms with Crippen molar-refractivity contribution in [3.8, 4) is 0 Å². The molecule has 23 heavy (non-hydrogen) atoms. The number of nitrogens with zero attached hydrogens (tertiary/aromatic N) is 3. The number of hydrogen-bond acceptors (Lipinski definition) is 5. The summed E-state index contributed by atoms with van der Waals surface area (Å²) >= 11 is 0. The van der Waals surface area contributed by atoms with E-state index in [4.69, 9.17) is 0 Å². The van der Waals surface area contributed by atoms with Gasteiger partial charge in [-0.3, -0.25) is 19.3 Å². The van der Waals surface area contributed by atoms with E-state index in [0.29, 0.717) is 11.7 Å². The Balaban J connectivity index is 1.65. The molecule has 8 nitrogen and oxygen atoms in total. The molecule has 2 aliphatic heterocycles. The smallest absolute Gasteiger partial charge is 0.251 e. The number of pyridine rings is 1. The van der Waals surface area contributed by atoms with Crippen LogP contribution in [0.2, 0.25) is 0 Å². The first-order valence-electron chi connectivity index (χ1n) is 7.78. The van der Waals surface area contributed by atoms with Crippen LogP contribution < -0.4 is 16.2 Å². The number of aromatic nitrogens is 4. The van der Waals surface area contributed by atoms with Gasteiger partial charge < -0.3 is 10.6 Å². The predicted molar refractivity (Wildman–Crippen MR) is 81.7 cm³/mol. The van der Waals surface area contributed by atoms with Gasteiger partial charge in [-0.2, -0.15) is 5.10 Å². The Kier molecular flexibility index (Phi) is 3.45. The highest BCUT2D eigenvalue weighted by atomic mass is 16.2. The Morgan fingerprint density at radius 2 is 2.30 bits per heavy atom. The van der Waals surface area contributed by atoms with Crippen LogP contribution in [0.5, 0.6) is 0 Å². The number of hydrogen-bond donors (Lipinski definition) is 3. The van der Waals surface area contributed by atoms with Crippen LogP contribution in [0, 0.1) is 5.92 Å². The number of H-pyrrole nitrogens is 1. The first-order chi connectivity index (χ1) is 11.2. The van der Waals surface area contributed by atoms with Gasteiger partial charge in [-0.1, -0.05) is 6.07 Å². The summed E-state index contributed by atoms with van der Waals surface area (Å²) in [6.07, 6.45) is 2.33. The summed E-state index contributed by atoms with van der Waals surface area (Å²) in [5.41, 5.74) is 0.833. The highest BCUT2D eigenvalue weighted by Crippen LogP contribution is 2.38. The number of carbonyl (C=O) groups excluding carboxylic acids is 1. The Hall–Kier alpha value is -2.48. The molecule has 0 spiro atoms. The van der Waals surface area contributed by atoms with Crippen LogP contribution in [0.15, 0.2) is 29.3 Å². The summed E-state index contributed by atoms with van der Waals surface area (Å²) in [5, 5.41) is 12.7. The number of nitrogens with one attached hydrogen (secondary N) is 3. The molecule has 2 aromatic rings. The lowest BCUT2D eigenvalue weighted by Crippen LogP contribution is -2.52. The molecule has 4 heterocycles. The first kappa shape index (κ1) is 14.1. The van der Waals surface area contributed by atoms with E-state index < -0.39 is 6.04 Å². The molecule has 2 aliphatic rings. The zero-order chi connectivity index (χ0) is 15.8. The lowest BCUT2D eigenvalue weighted by atomic mass is 9.79. The van der Waals surface area contributed by atoms with Crippen molar-refractivity contribution in [1.82, 2.24) is 30.4 Å². The third-order valence-corrected chi connectivity index (χ3v) is 4.71. The van der Waals surface area contributed by atoms with Crippen LogP contribution >= 0.6 is 0 Å². The molecule has 1 saturated heterocycles. The maximum atomic E-state index is 12.7. The van der Waals surface area contributed by atoms with E-state index in [9.17, 15) is 9.59 Å². The van der Waals surface area contributed by atoms with Gasteiger partial charge in [0.2, 0.25) is 5.91 Å². The molecular formula is C15H18N6O2. The molecule has 0 radical (unpaired) electrons. The quantitative estimate of drug-likeness (QED) is 0.710. The average Bonchev–Trinajstić information content (AvgIpc) is 3.08. The lowest BCUT2D eigenvalue weighted by Gasteiger charge is -2.42. The molecule has 0 saturated carbocycles. The Bertz CT molecular complexity index is 769. The molecule has 0 unspecified atom stereocenters. The number of amides is 1.